The lowest BCUT2D eigenvalue weighted by Crippen LogP contribution is -2.48. The van der Waals surface area contributed by atoms with E-state index in [1.807, 2.05) is 6.07 Å². The van der Waals surface area contributed by atoms with E-state index in [1.165, 1.54) is 24.8 Å². The summed E-state index contributed by atoms with van der Waals surface area (Å²) in [6.07, 6.45) is 8.52. The monoisotopic (exact) mass is 399 g/mol. The number of amides is 1. The van der Waals surface area contributed by atoms with Crippen molar-refractivity contribution in [1.82, 2.24) is 14.7 Å². The summed E-state index contributed by atoms with van der Waals surface area (Å²) < 4.78 is 6.41. The molecule has 0 radical (unpaired) electrons. The molecule has 1 atom stereocenters. The van der Waals surface area contributed by atoms with E-state index in [1.54, 1.807) is 0 Å². The molecule has 0 aromatic heterocycles. The van der Waals surface area contributed by atoms with Gasteiger partial charge in [-0.25, -0.2) is 0 Å². The van der Waals surface area contributed by atoms with Crippen LogP contribution in [0.15, 0.2) is 30.3 Å². The maximum Gasteiger partial charge on any atom is 0.237 e. The summed E-state index contributed by atoms with van der Waals surface area (Å²) in [5, 5.41) is 0. The highest BCUT2D eigenvalue weighted by molar-refractivity contribution is 5.79. The van der Waals surface area contributed by atoms with Gasteiger partial charge in [0, 0.05) is 25.2 Å². The van der Waals surface area contributed by atoms with E-state index >= 15 is 0 Å². The average molecular weight is 400 g/mol. The third-order valence-electron chi connectivity index (χ3n) is 7.05. The fourth-order valence-electron chi connectivity index (χ4n) is 5.25. The van der Waals surface area contributed by atoms with E-state index < -0.39 is 0 Å². The number of nitrogens with zero attached hydrogens (tertiary/aromatic N) is 3. The van der Waals surface area contributed by atoms with Gasteiger partial charge in [-0.05, 0) is 51.4 Å². The zero-order valence-corrected chi connectivity index (χ0v) is 18.0. The second-order valence-corrected chi connectivity index (χ2v) is 9.22. The zero-order chi connectivity index (χ0) is 20.1. The maximum absolute atomic E-state index is 13.3. The van der Waals surface area contributed by atoms with Crippen LogP contribution in [0, 0.1) is 0 Å². The first-order chi connectivity index (χ1) is 14.2. The Morgan fingerprint density at radius 2 is 1.66 bits per heavy atom. The van der Waals surface area contributed by atoms with E-state index in [0.717, 1.165) is 51.9 Å². The molecule has 2 heterocycles. The first-order valence-electron chi connectivity index (χ1n) is 11.6. The van der Waals surface area contributed by atoms with Crippen molar-refractivity contribution in [3.63, 3.8) is 0 Å². The number of hydrogen-bond donors (Lipinski definition) is 0. The summed E-state index contributed by atoms with van der Waals surface area (Å²) in [7, 11) is 2.19. The van der Waals surface area contributed by atoms with Crippen molar-refractivity contribution in [2.75, 3.05) is 39.8 Å². The smallest absolute Gasteiger partial charge is 0.237 e. The Morgan fingerprint density at radius 1 is 0.931 bits per heavy atom. The molecule has 160 valence electrons. The molecule has 1 unspecified atom stereocenters. The molecular weight excluding hydrogens is 362 g/mol. The van der Waals surface area contributed by atoms with Gasteiger partial charge in [0.05, 0.1) is 19.3 Å². The number of rotatable bonds is 5. The number of likely N-dealkylation sites (tertiary alicyclic amines) is 1. The van der Waals surface area contributed by atoms with Gasteiger partial charge in [-0.2, -0.15) is 0 Å². The van der Waals surface area contributed by atoms with Gasteiger partial charge < -0.3 is 14.5 Å². The highest BCUT2D eigenvalue weighted by Crippen LogP contribution is 2.26. The predicted octanol–water partition coefficient (Wildman–Crippen LogP) is 3.14. The van der Waals surface area contributed by atoms with Crippen LogP contribution < -0.4 is 0 Å². The lowest BCUT2D eigenvalue weighted by Gasteiger charge is -2.37. The topological polar surface area (TPSA) is 36.0 Å². The summed E-state index contributed by atoms with van der Waals surface area (Å²) >= 11 is 0. The van der Waals surface area contributed by atoms with Crippen LogP contribution in [-0.4, -0.2) is 78.6 Å². The van der Waals surface area contributed by atoms with E-state index in [4.69, 9.17) is 4.74 Å². The molecule has 1 aliphatic carbocycles. The van der Waals surface area contributed by atoms with Crippen LogP contribution in [0.4, 0.5) is 0 Å². The van der Waals surface area contributed by atoms with Gasteiger partial charge in [-0.3, -0.25) is 9.69 Å². The minimum atomic E-state index is 0.0863. The third kappa shape index (κ3) is 5.59. The number of piperidine rings is 1. The molecule has 4 rings (SSSR count). The minimum Gasteiger partial charge on any atom is -0.370 e. The molecule has 0 bridgehead atoms. The van der Waals surface area contributed by atoms with Gasteiger partial charge >= 0.3 is 0 Å². The summed E-state index contributed by atoms with van der Waals surface area (Å²) in [4.78, 5) is 20.3. The maximum atomic E-state index is 13.3. The number of benzene rings is 1. The Kier molecular flexibility index (Phi) is 7.22. The summed E-state index contributed by atoms with van der Waals surface area (Å²) in [5.41, 5.74) is 1.21. The molecule has 1 aromatic rings. The minimum absolute atomic E-state index is 0.0863. The first-order valence-corrected chi connectivity index (χ1v) is 11.6. The molecule has 1 aromatic carbocycles. The lowest BCUT2D eigenvalue weighted by atomic mass is 9.94. The summed E-state index contributed by atoms with van der Waals surface area (Å²) in [6, 6.07) is 11.3. The van der Waals surface area contributed by atoms with Crippen LogP contribution in [0.3, 0.4) is 0 Å². The summed E-state index contributed by atoms with van der Waals surface area (Å²) in [5.74, 6) is 0.321. The van der Waals surface area contributed by atoms with Gasteiger partial charge in [0.1, 0.15) is 0 Å². The molecule has 2 aliphatic heterocycles. The normalized spacial score (nSPS) is 26.6. The molecular formula is C24H37N3O2. The number of ether oxygens (including phenoxy) is 1. The Bertz CT molecular complexity index is 639. The van der Waals surface area contributed by atoms with Crippen molar-refractivity contribution in [1.29, 1.82) is 0 Å². The van der Waals surface area contributed by atoms with Crippen LogP contribution in [0.5, 0.6) is 0 Å². The van der Waals surface area contributed by atoms with Gasteiger partial charge in [0.2, 0.25) is 5.91 Å². The van der Waals surface area contributed by atoms with Crippen molar-refractivity contribution >= 4 is 5.91 Å². The SMILES string of the molecule is CN1CCC(N2CC(=O)N(C3CCCCC3)CC(OCc3ccccc3)C2)CC1. The standard InChI is InChI=1S/C24H37N3O2/c1-25-14-12-21(13-15-25)26-16-23(29-19-20-8-4-2-5-9-20)17-27(24(28)18-26)22-10-6-3-7-11-22/h2,4-5,8-9,21-23H,3,6-7,10-19H2,1H3. The van der Waals surface area contributed by atoms with Crippen molar-refractivity contribution in [2.45, 2.75) is 69.7 Å². The first kappa shape index (κ1) is 20.8. The average Bonchev–Trinajstić information content (AvgIpc) is 2.93. The van der Waals surface area contributed by atoms with Crippen molar-refractivity contribution in [3.8, 4) is 0 Å². The number of hydrogen-bond acceptors (Lipinski definition) is 4. The van der Waals surface area contributed by atoms with E-state index in [0.29, 0.717) is 31.1 Å². The highest BCUT2D eigenvalue weighted by Gasteiger charge is 2.36. The van der Waals surface area contributed by atoms with Crippen LogP contribution in [0.1, 0.15) is 50.5 Å². The largest absolute Gasteiger partial charge is 0.370 e. The lowest BCUT2D eigenvalue weighted by molar-refractivity contribution is -0.135. The molecule has 1 amide bonds. The molecule has 3 aliphatic rings. The van der Waals surface area contributed by atoms with Gasteiger partial charge in [-0.1, -0.05) is 49.6 Å². The second kappa shape index (κ2) is 10.1. The molecule has 5 nitrogen and oxygen atoms in total. The van der Waals surface area contributed by atoms with E-state index in [-0.39, 0.29) is 6.10 Å². The Morgan fingerprint density at radius 3 is 2.38 bits per heavy atom. The Hall–Kier alpha value is -1.43. The molecule has 2 saturated heterocycles. The number of carbonyl (C=O) groups excluding carboxylic acids is 1. The molecule has 3 fully saturated rings. The Balaban J connectivity index is 1.46. The molecule has 0 N–H and O–H groups in total. The quantitative estimate of drug-likeness (QED) is 0.762. The fraction of sp³-hybridized carbons (Fsp3) is 0.708. The van der Waals surface area contributed by atoms with E-state index in [2.05, 4.69) is 46.0 Å². The van der Waals surface area contributed by atoms with Gasteiger partial charge in [-0.15, -0.1) is 0 Å². The molecule has 5 heteroatoms. The molecule has 0 spiro atoms. The Labute approximate surface area is 176 Å². The second-order valence-electron chi connectivity index (χ2n) is 9.22. The zero-order valence-electron chi connectivity index (χ0n) is 18.0. The van der Waals surface area contributed by atoms with Crippen LogP contribution in [0.2, 0.25) is 0 Å². The van der Waals surface area contributed by atoms with Gasteiger partial charge in [0.25, 0.3) is 0 Å². The van der Waals surface area contributed by atoms with Crippen molar-refractivity contribution < 1.29 is 9.53 Å². The van der Waals surface area contributed by atoms with Crippen LogP contribution in [-0.2, 0) is 16.1 Å². The fourth-order valence-corrected chi connectivity index (χ4v) is 5.25. The summed E-state index contributed by atoms with van der Waals surface area (Å²) in [6.45, 7) is 5.06. The van der Waals surface area contributed by atoms with Gasteiger partial charge in [0.15, 0.2) is 0 Å². The predicted molar refractivity (Wildman–Crippen MR) is 116 cm³/mol. The molecule has 29 heavy (non-hydrogen) atoms. The highest BCUT2D eigenvalue weighted by atomic mass is 16.5. The molecule has 1 saturated carbocycles. The van der Waals surface area contributed by atoms with Crippen LogP contribution in [0.25, 0.3) is 0 Å². The van der Waals surface area contributed by atoms with Crippen molar-refractivity contribution in [2.24, 2.45) is 0 Å². The van der Waals surface area contributed by atoms with E-state index in [9.17, 15) is 4.79 Å². The third-order valence-corrected chi connectivity index (χ3v) is 7.05. The van der Waals surface area contributed by atoms with Crippen molar-refractivity contribution in [3.05, 3.63) is 35.9 Å². The number of carbonyl (C=O) groups is 1. The van der Waals surface area contributed by atoms with Crippen LogP contribution >= 0.6 is 0 Å².